The second-order valence-electron chi connectivity index (χ2n) is 5.04. The summed E-state index contributed by atoms with van der Waals surface area (Å²) >= 11 is 1.67. The number of halogens is 1. The summed E-state index contributed by atoms with van der Waals surface area (Å²) in [5.74, 6) is 0.894. The summed E-state index contributed by atoms with van der Waals surface area (Å²) < 4.78 is 0. The van der Waals surface area contributed by atoms with E-state index in [2.05, 4.69) is 58.4 Å². The standard InChI is InChI=1S/C16H22N4S.HI/c1-12-7-5-6-8-14(12)10-20(4)16(17-3)18-9-15-13(2)19-11-21-15;/h5-8,11H,9-10H2,1-4H3,(H,17,18);1H. The molecule has 1 aromatic carbocycles. The van der Waals surface area contributed by atoms with E-state index in [9.17, 15) is 0 Å². The minimum Gasteiger partial charge on any atom is -0.351 e. The zero-order valence-corrected chi connectivity index (χ0v) is 16.6. The second kappa shape index (κ2) is 9.09. The van der Waals surface area contributed by atoms with E-state index in [-0.39, 0.29) is 24.0 Å². The van der Waals surface area contributed by atoms with Gasteiger partial charge in [-0.05, 0) is 25.0 Å². The van der Waals surface area contributed by atoms with Crippen LogP contribution in [0.1, 0.15) is 21.7 Å². The minimum atomic E-state index is 0. The summed E-state index contributed by atoms with van der Waals surface area (Å²) in [4.78, 5) is 12.0. The molecule has 4 nitrogen and oxygen atoms in total. The van der Waals surface area contributed by atoms with Gasteiger partial charge in [-0.2, -0.15) is 0 Å². The number of hydrogen-bond donors (Lipinski definition) is 1. The fraction of sp³-hybridized carbons (Fsp3) is 0.375. The molecule has 0 spiro atoms. The second-order valence-corrected chi connectivity index (χ2v) is 5.98. The molecule has 0 amide bonds. The van der Waals surface area contributed by atoms with Gasteiger partial charge in [0.05, 0.1) is 17.7 Å². The Kier molecular flexibility index (Phi) is 7.81. The van der Waals surface area contributed by atoms with E-state index in [4.69, 9.17) is 0 Å². The smallest absolute Gasteiger partial charge is 0.193 e. The average Bonchev–Trinajstić information content (AvgIpc) is 2.88. The van der Waals surface area contributed by atoms with Gasteiger partial charge in [0.2, 0.25) is 0 Å². The number of aliphatic imine (C=N–C) groups is 1. The Labute approximate surface area is 153 Å². The van der Waals surface area contributed by atoms with E-state index in [1.807, 2.05) is 19.5 Å². The van der Waals surface area contributed by atoms with Crippen molar-refractivity contribution < 1.29 is 0 Å². The Morgan fingerprint density at radius 3 is 2.64 bits per heavy atom. The van der Waals surface area contributed by atoms with Gasteiger partial charge in [0.1, 0.15) is 0 Å². The molecule has 2 aromatic rings. The molecule has 0 aliphatic carbocycles. The van der Waals surface area contributed by atoms with Crippen LogP contribution in [-0.2, 0) is 13.1 Å². The molecule has 0 saturated carbocycles. The summed E-state index contributed by atoms with van der Waals surface area (Å²) in [6.07, 6.45) is 0. The molecular formula is C16H23IN4S. The van der Waals surface area contributed by atoms with Crippen molar-refractivity contribution in [1.29, 1.82) is 0 Å². The van der Waals surface area contributed by atoms with E-state index < -0.39 is 0 Å². The summed E-state index contributed by atoms with van der Waals surface area (Å²) in [7, 11) is 3.87. The Balaban J connectivity index is 0.00000242. The molecule has 1 aromatic heterocycles. The van der Waals surface area contributed by atoms with Crippen LogP contribution in [0.15, 0.2) is 34.8 Å². The molecule has 1 N–H and O–H groups in total. The predicted octanol–water partition coefficient (Wildman–Crippen LogP) is 3.59. The third-order valence-corrected chi connectivity index (χ3v) is 4.43. The van der Waals surface area contributed by atoms with Gasteiger partial charge < -0.3 is 10.2 Å². The SMILES string of the molecule is CN=C(NCc1scnc1C)N(C)Cc1ccccc1C.I. The number of guanidine groups is 1. The van der Waals surface area contributed by atoms with Crippen LogP contribution < -0.4 is 5.32 Å². The van der Waals surface area contributed by atoms with Gasteiger partial charge >= 0.3 is 0 Å². The lowest BCUT2D eigenvalue weighted by Crippen LogP contribution is -2.38. The van der Waals surface area contributed by atoms with Crippen molar-refractivity contribution in [3.63, 3.8) is 0 Å². The van der Waals surface area contributed by atoms with Crippen molar-refractivity contribution >= 4 is 41.3 Å². The number of rotatable bonds is 4. The number of nitrogens with zero attached hydrogens (tertiary/aromatic N) is 3. The normalized spacial score (nSPS) is 11.0. The molecule has 6 heteroatoms. The monoisotopic (exact) mass is 430 g/mol. The molecule has 0 aliphatic heterocycles. The Morgan fingerprint density at radius 1 is 1.32 bits per heavy atom. The first kappa shape index (κ1) is 18.9. The van der Waals surface area contributed by atoms with E-state index in [1.165, 1.54) is 16.0 Å². The first-order chi connectivity index (χ1) is 10.1. The fourth-order valence-electron chi connectivity index (χ4n) is 2.16. The summed E-state index contributed by atoms with van der Waals surface area (Å²) in [5.41, 5.74) is 5.59. The predicted molar refractivity (Wildman–Crippen MR) is 105 cm³/mol. The maximum absolute atomic E-state index is 4.36. The Bertz CT molecular complexity index is 624. The maximum atomic E-state index is 4.36. The Hall–Kier alpha value is -1.15. The molecule has 1 heterocycles. The van der Waals surface area contributed by atoms with Gasteiger partial charge in [0, 0.05) is 25.5 Å². The molecule has 0 fully saturated rings. The van der Waals surface area contributed by atoms with Crippen molar-refractivity contribution in [3.8, 4) is 0 Å². The fourth-order valence-corrected chi connectivity index (χ4v) is 2.87. The van der Waals surface area contributed by atoms with Crippen molar-refractivity contribution in [2.75, 3.05) is 14.1 Å². The third-order valence-electron chi connectivity index (χ3n) is 3.49. The van der Waals surface area contributed by atoms with Crippen LogP contribution in [0.5, 0.6) is 0 Å². The van der Waals surface area contributed by atoms with Crippen LogP contribution in [0.25, 0.3) is 0 Å². The number of thiazole rings is 1. The molecule has 120 valence electrons. The highest BCUT2D eigenvalue weighted by Crippen LogP contribution is 2.12. The van der Waals surface area contributed by atoms with Crippen molar-refractivity contribution in [2.45, 2.75) is 26.9 Å². The van der Waals surface area contributed by atoms with Crippen molar-refractivity contribution in [3.05, 3.63) is 51.5 Å². The first-order valence-electron chi connectivity index (χ1n) is 6.97. The van der Waals surface area contributed by atoms with Gasteiger partial charge in [0.25, 0.3) is 0 Å². The largest absolute Gasteiger partial charge is 0.351 e. The molecule has 0 bridgehead atoms. The number of aromatic nitrogens is 1. The van der Waals surface area contributed by atoms with Gasteiger partial charge in [0.15, 0.2) is 5.96 Å². The molecule has 0 atom stereocenters. The zero-order chi connectivity index (χ0) is 15.2. The molecule has 0 unspecified atom stereocenters. The third kappa shape index (κ3) is 4.95. The first-order valence-corrected chi connectivity index (χ1v) is 7.85. The van der Waals surface area contributed by atoms with Crippen LogP contribution in [0.4, 0.5) is 0 Å². The number of nitrogens with one attached hydrogen (secondary N) is 1. The van der Waals surface area contributed by atoms with Gasteiger partial charge in [-0.3, -0.25) is 4.99 Å². The molecule has 2 rings (SSSR count). The maximum Gasteiger partial charge on any atom is 0.193 e. The van der Waals surface area contributed by atoms with Gasteiger partial charge in [-0.25, -0.2) is 4.98 Å². The number of hydrogen-bond acceptors (Lipinski definition) is 3. The van der Waals surface area contributed by atoms with Crippen molar-refractivity contribution in [2.24, 2.45) is 4.99 Å². The average molecular weight is 430 g/mol. The van der Waals surface area contributed by atoms with Gasteiger partial charge in [-0.15, -0.1) is 35.3 Å². The molecule has 0 saturated heterocycles. The van der Waals surface area contributed by atoms with Crippen LogP contribution in [0.3, 0.4) is 0 Å². The molecule has 0 radical (unpaired) electrons. The minimum absolute atomic E-state index is 0. The van der Waals surface area contributed by atoms with Crippen LogP contribution in [0, 0.1) is 13.8 Å². The van der Waals surface area contributed by atoms with Crippen LogP contribution in [0.2, 0.25) is 0 Å². The van der Waals surface area contributed by atoms with Crippen LogP contribution >= 0.6 is 35.3 Å². The number of aryl methyl sites for hydroxylation is 2. The number of benzene rings is 1. The highest BCUT2D eigenvalue weighted by atomic mass is 127. The lowest BCUT2D eigenvalue weighted by molar-refractivity contribution is 0.475. The quantitative estimate of drug-likeness (QED) is 0.458. The summed E-state index contributed by atoms with van der Waals surface area (Å²) in [6.45, 7) is 5.78. The lowest BCUT2D eigenvalue weighted by atomic mass is 10.1. The molecule has 0 aliphatic rings. The van der Waals surface area contributed by atoms with Gasteiger partial charge in [-0.1, -0.05) is 24.3 Å². The van der Waals surface area contributed by atoms with E-state index in [1.54, 1.807) is 11.3 Å². The highest BCUT2D eigenvalue weighted by Gasteiger charge is 2.09. The molecule has 22 heavy (non-hydrogen) atoms. The van der Waals surface area contributed by atoms with E-state index in [0.29, 0.717) is 0 Å². The molecular weight excluding hydrogens is 407 g/mol. The summed E-state index contributed by atoms with van der Waals surface area (Å²) in [6, 6.07) is 8.44. The van der Waals surface area contributed by atoms with Crippen LogP contribution in [-0.4, -0.2) is 29.9 Å². The highest BCUT2D eigenvalue weighted by molar-refractivity contribution is 14.0. The van der Waals surface area contributed by atoms with E-state index in [0.717, 1.165) is 24.7 Å². The van der Waals surface area contributed by atoms with Crippen molar-refractivity contribution in [1.82, 2.24) is 15.2 Å². The topological polar surface area (TPSA) is 40.5 Å². The Morgan fingerprint density at radius 2 is 2.05 bits per heavy atom. The lowest BCUT2D eigenvalue weighted by Gasteiger charge is -2.22. The van der Waals surface area contributed by atoms with E-state index >= 15 is 0 Å². The zero-order valence-electron chi connectivity index (χ0n) is 13.5. The summed E-state index contributed by atoms with van der Waals surface area (Å²) in [5, 5.41) is 3.40.